The fraction of sp³-hybridized carbons (Fsp3) is 0.652. The van der Waals surface area contributed by atoms with E-state index in [2.05, 4.69) is 27.5 Å². The zero-order valence-corrected chi connectivity index (χ0v) is 19.8. The SMILES string of the molecule is CC(NC(=O)CC(C)(C)NC(=O)OC(C)(C)C)c1cc(F)ccc1N1CCN(C)CC1. The first-order chi connectivity index (χ1) is 14.3. The van der Waals surface area contributed by atoms with Crippen LogP contribution in [0.15, 0.2) is 18.2 Å². The smallest absolute Gasteiger partial charge is 0.408 e. The van der Waals surface area contributed by atoms with E-state index >= 15 is 0 Å². The Morgan fingerprint density at radius 1 is 1.13 bits per heavy atom. The molecule has 2 N–H and O–H groups in total. The van der Waals surface area contributed by atoms with Crippen molar-refractivity contribution >= 4 is 17.7 Å². The van der Waals surface area contributed by atoms with Crippen LogP contribution in [0.5, 0.6) is 0 Å². The molecule has 174 valence electrons. The van der Waals surface area contributed by atoms with Gasteiger partial charge in [-0.1, -0.05) is 0 Å². The molecule has 0 aliphatic carbocycles. The van der Waals surface area contributed by atoms with Crippen molar-refractivity contribution in [1.29, 1.82) is 0 Å². The highest BCUT2D eigenvalue weighted by Crippen LogP contribution is 2.28. The lowest BCUT2D eigenvalue weighted by Gasteiger charge is -2.36. The average molecular weight is 437 g/mol. The summed E-state index contributed by atoms with van der Waals surface area (Å²) in [6.45, 7) is 14.3. The maximum atomic E-state index is 14.0. The van der Waals surface area contributed by atoms with Crippen molar-refractivity contribution < 1.29 is 18.7 Å². The van der Waals surface area contributed by atoms with Crippen LogP contribution in [-0.4, -0.2) is 61.3 Å². The van der Waals surface area contributed by atoms with Crippen LogP contribution in [0.2, 0.25) is 0 Å². The van der Waals surface area contributed by atoms with Gasteiger partial charge in [0, 0.05) is 49.4 Å². The van der Waals surface area contributed by atoms with Gasteiger partial charge in [0.2, 0.25) is 5.91 Å². The van der Waals surface area contributed by atoms with E-state index in [1.807, 2.05) is 6.92 Å². The van der Waals surface area contributed by atoms with Crippen molar-refractivity contribution in [2.45, 2.75) is 65.1 Å². The number of alkyl carbamates (subject to hydrolysis) is 1. The summed E-state index contributed by atoms with van der Waals surface area (Å²) in [7, 11) is 2.08. The Morgan fingerprint density at radius 3 is 2.32 bits per heavy atom. The van der Waals surface area contributed by atoms with Crippen molar-refractivity contribution in [1.82, 2.24) is 15.5 Å². The maximum absolute atomic E-state index is 14.0. The molecule has 1 aliphatic rings. The molecule has 1 aliphatic heterocycles. The minimum absolute atomic E-state index is 0.0652. The average Bonchev–Trinajstić information content (AvgIpc) is 2.59. The summed E-state index contributed by atoms with van der Waals surface area (Å²) < 4.78 is 19.3. The van der Waals surface area contributed by atoms with Gasteiger partial charge in [-0.15, -0.1) is 0 Å². The number of nitrogens with zero attached hydrogens (tertiary/aromatic N) is 2. The topological polar surface area (TPSA) is 73.9 Å². The summed E-state index contributed by atoms with van der Waals surface area (Å²) in [5.74, 6) is -0.567. The normalized spacial score (nSPS) is 16.6. The number of hydrogen-bond acceptors (Lipinski definition) is 5. The van der Waals surface area contributed by atoms with Crippen LogP contribution in [0.3, 0.4) is 0 Å². The quantitative estimate of drug-likeness (QED) is 0.715. The van der Waals surface area contributed by atoms with Gasteiger partial charge in [0.1, 0.15) is 11.4 Å². The molecule has 0 spiro atoms. The van der Waals surface area contributed by atoms with E-state index in [4.69, 9.17) is 4.74 Å². The number of carbonyl (C=O) groups excluding carboxylic acids is 2. The Kier molecular flexibility index (Phi) is 7.92. The lowest BCUT2D eigenvalue weighted by molar-refractivity contribution is -0.122. The molecule has 1 aromatic rings. The number of hydrogen-bond donors (Lipinski definition) is 2. The first-order valence-electron chi connectivity index (χ1n) is 10.8. The number of halogens is 1. The highest BCUT2D eigenvalue weighted by Gasteiger charge is 2.28. The van der Waals surface area contributed by atoms with Gasteiger partial charge in [-0.25, -0.2) is 9.18 Å². The Bertz CT molecular complexity index is 784. The van der Waals surface area contributed by atoms with Crippen LogP contribution in [0.4, 0.5) is 14.9 Å². The Hall–Kier alpha value is -2.35. The van der Waals surface area contributed by atoms with Crippen molar-refractivity contribution in [2.75, 3.05) is 38.1 Å². The first-order valence-corrected chi connectivity index (χ1v) is 10.8. The number of nitrogens with one attached hydrogen (secondary N) is 2. The molecule has 1 unspecified atom stereocenters. The summed E-state index contributed by atoms with van der Waals surface area (Å²) in [4.78, 5) is 29.3. The molecular weight excluding hydrogens is 399 g/mol. The Labute approximate surface area is 185 Å². The molecule has 0 bridgehead atoms. The summed E-state index contributed by atoms with van der Waals surface area (Å²) >= 11 is 0. The third-order valence-corrected chi connectivity index (χ3v) is 5.12. The summed E-state index contributed by atoms with van der Waals surface area (Å²) in [6.07, 6.45) is -0.503. The van der Waals surface area contributed by atoms with Crippen LogP contribution < -0.4 is 15.5 Å². The van der Waals surface area contributed by atoms with Gasteiger partial charge in [0.15, 0.2) is 0 Å². The minimum Gasteiger partial charge on any atom is -0.444 e. The molecule has 2 rings (SSSR count). The van der Waals surface area contributed by atoms with E-state index in [1.165, 1.54) is 12.1 Å². The van der Waals surface area contributed by atoms with Gasteiger partial charge in [0.25, 0.3) is 0 Å². The molecule has 1 fully saturated rings. The fourth-order valence-corrected chi connectivity index (χ4v) is 3.60. The van der Waals surface area contributed by atoms with Gasteiger partial charge >= 0.3 is 6.09 Å². The lowest BCUT2D eigenvalue weighted by Crippen LogP contribution is -2.48. The van der Waals surface area contributed by atoms with Gasteiger partial charge in [-0.3, -0.25) is 4.79 Å². The monoisotopic (exact) mass is 436 g/mol. The molecule has 1 saturated heterocycles. The molecule has 0 radical (unpaired) electrons. The second-order valence-corrected chi connectivity index (χ2v) is 9.97. The number of benzene rings is 1. The zero-order chi connectivity index (χ0) is 23.4. The van der Waals surface area contributed by atoms with E-state index in [9.17, 15) is 14.0 Å². The van der Waals surface area contributed by atoms with Crippen LogP contribution in [0, 0.1) is 5.82 Å². The molecule has 2 amide bonds. The largest absolute Gasteiger partial charge is 0.444 e. The fourth-order valence-electron chi connectivity index (χ4n) is 3.60. The number of piperazine rings is 1. The number of amides is 2. The third kappa shape index (κ3) is 8.01. The van der Waals surface area contributed by atoms with Crippen molar-refractivity contribution in [2.24, 2.45) is 0 Å². The standard InChI is InChI=1S/C23H37FN4O3/c1-16(25-20(29)15-23(5,6)26-21(30)31-22(2,3)4)18-14-17(24)8-9-19(18)28-12-10-27(7)11-13-28/h8-9,14,16H,10-13,15H2,1-7H3,(H,25,29)(H,26,30). The molecular formula is C23H37FN4O3. The second-order valence-electron chi connectivity index (χ2n) is 9.97. The molecule has 0 aromatic heterocycles. The van der Waals surface area contributed by atoms with Gasteiger partial charge < -0.3 is 25.2 Å². The van der Waals surface area contributed by atoms with Crippen molar-refractivity contribution in [3.8, 4) is 0 Å². The van der Waals surface area contributed by atoms with E-state index in [1.54, 1.807) is 40.7 Å². The molecule has 1 aromatic carbocycles. The number of likely N-dealkylation sites (N-methyl/N-ethyl adjacent to an activating group) is 1. The summed E-state index contributed by atoms with van der Waals surface area (Å²) in [5, 5.41) is 5.69. The summed E-state index contributed by atoms with van der Waals surface area (Å²) in [6, 6.07) is 4.35. The predicted octanol–water partition coefficient (Wildman–Crippen LogP) is 3.45. The molecule has 8 heteroatoms. The van der Waals surface area contributed by atoms with Crippen molar-refractivity contribution in [3.05, 3.63) is 29.6 Å². The molecule has 7 nitrogen and oxygen atoms in total. The van der Waals surface area contributed by atoms with E-state index in [0.717, 1.165) is 37.4 Å². The number of ether oxygens (including phenoxy) is 1. The van der Waals surface area contributed by atoms with E-state index in [-0.39, 0.29) is 24.2 Å². The van der Waals surface area contributed by atoms with E-state index in [0.29, 0.717) is 0 Å². The predicted molar refractivity (Wildman–Crippen MR) is 121 cm³/mol. The second kappa shape index (κ2) is 9.85. The van der Waals surface area contributed by atoms with Crippen LogP contribution >= 0.6 is 0 Å². The van der Waals surface area contributed by atoms with Gasteiger partial charge in [-0.05, 0) is 66.8 Å². The first kappa shape index (κ1) is 24.9. The lowest BCUT2D eigenvalue weighted by atomic mass is 9.99. The maximum Gasteiger partial charge on any atom is 0.408 e. The van der Waals surface area contributed by atoms with Gasteiger partial charge in [-0.2, -0.15) is 0 Å². The number of carbonyl (C=O) groups is 2. The summed E-state index contributed by atoms with van der Waals surface area (Å²) in [5.41, 5.74) is 0.270. The Balaban J connectivity index is 2.04. The van der Waals surface area contributed by atoms with Gasteiger partial charge in [0.05, 0.1) is 6.04 Å². The molecule has 31 heavy (non-hydrogen) atoms. The van der Waals surface area contributed by atoms with Crippen LogP contribution in [-0.2, 0) is 9.53 Å². The van der Waals surface area contributed by atoms with Crippen molar-refractivity contribution in [3.63, 3.8) is 0 Å². The molecule has 1 heterocycles. The zero-order valence-electron chi connectivity index (χ0n) is 19.8. The third-order valence-electron chi connectivity index (χ3n) is 5.12. The number of rotatable bonds is 6. The van der Waals surface area contributed by atoms with Crippen LogP contribution in [0.1, 0.15) is 59.6 Å². The highest BCUT2D eigenvalue weighted by molar-refractivity contribution is 5.79. The Morgan fingerprint density at radius 2 is 1.74 bits per heavy atom. The van der Waals surface area contributed by atoms with Crippen LogP contribution in [0.25, 0.3) is 0 Å². The molecule has 0 saturated carbocycles. The number of anilines is 1. The molecule has 1 atom stereocenters. The minimum atomic E-state index is -0.797. The van der Waals surface area contributed by atoms with E-state index < -0.39 is 17.2 Å². The highest BCUT2D eigenvalue weighted by atomic mass is 19.1.